The zero-order valence-corrected chi connectivity index (χ0v) is 22.2. The predicted octanol–water partition coefficient (Wildman–Crippen LogP) is 4.70. The fraction of sp³-hybridized carbons (Fsp3) is 0.387. The van der Waals surface area contributed by atoms with Gasteiger partial charge in [-0.25, -0.2) is 4.79 Å². The monoisotopic (exact) mass is 556 g/mol. The molecule has 7 nitrogen and oxygen atoms in total. The van der Waals surface area contributed by atoms with Crippen LogP contribution in [0.1, 0.15) is 23.6 Å². The van der Waals surface area contributed by atoms with Crippen LogP contribution < -0.4 is 0 Å². The van der Waals surface area contributed by atoms with Crippen molar-refractivity contribution in [3.05, 3.63) is 108 Å². The molecule has 1 fully saturated rings. The topological polar surface area (TPSA) is 83.5 Å². The summed E-state index contributed by atoms with van der Waals surface area (Å²) in [4.78, 5) is 12.4. The van der Waals surface area contributed by atoms with Crippen LogP contribution >= 0.6 is 0 Å². The smallest absolute Gasteiger partial charge is 0.379 e. The second kappa shape index (κ2) is 14.4. The molecule has 0 aliphatic carbocycles. The number of rotatable bonds is 13. The van der Waals surface area contributed by atoms with Crippen molar-refractivity contribution < 1.29 is 42.4 Å². The number of benzene rings is 3. The van der Waals surface area contributed by atoms with E-state index in [1.807, 2.05) is 66.7 Å². The number of alkyl halides is 2. The van der Waals surface area contributed by atoms with Gasteiger partial charge in [-0.2, -0.15) is 8.78 Å². The molecule has 0 radical (unpaired) electrons. The first-order valence-electron chi connectivity index (χ1n) is 13.2. The standard InChI is InChI=1S/C31H34F2O7/c1-2-36-30(35)31(32,33)29-28(39-21-24-16-10-5-11-17-24)27(38-20-23-14-8-4-9-15-23)26(25(18-34)40-29)37-19-22-12-6-3-7-13-22/h3-17,25-29,34H,2,18-21H2,1H3/t25-,26+,27-,28+,29-/m0/s1. The zero-order valence-electron chi connectivity index (χ0n) is 22.2. The van der Waals surface area contributed by atoms with E-state index in [1.54, 1.807) is 24.3 Å². The number of carbonyl (C=O) groups is 1. The van der Waals surface area contributed by atoms with E-state index in [9.17, 15) is 9.90 Å². The van der Waals surface area contributed by atoms with Crippen LogP contribution in [0.15, 0.2) is 91.0 Å². The van der Waals surface area contributed by atoms with Crippen molar-refractivity contribution >= 4 is 5.97 Å². The van der Waals surface area contributed by atoms with Gasteiger partial charge in [0, 0.05) is 0 Å². The Bertz CT molecular complexity index is 1160. The SMILES string of the molecule is CCOC(=O)C(F)(F)[C@H]1O[C@@H](CO)[C@@H](OCc2ccccc2)[C@H](OCc2ccccc2)[C@H]1OCc1ccccc1. The third-order valence-corrected chi connectivity index (χ3v) is 6.57. The van der Waals surface area contributed by atoms with Gasteiger partial charge in [0.15, 0.2) is 6.10 Å². The first-order chi connectivity index (χ1) is 19.4. The van der Waals surface area contributed by atoms with Crippen LogP contribution in [0.3, 0.4) is 0 Å². The Morgan fingerprint density at radius 1 is 0.750 bits per heavy atom. The summed E-state index contributed by atoms with van der Waals surface area (Å²) in [6.07, 6.45) is -6.92. The molecule has 3 aromatic carbocycles. The van der Waals surface area contributed by atoms with Gasteiger partial charge in [0.05, 0.1) is 33.0 Å². The molecule has 1 heterocycles. The molecule has 5 atom stereocenters. The Kier molecular flexibility index (Phi) is 10.7. The zero-order chi connectivity index (χ0) is 28.4. The molecule has 1 aliphatic heterocycles. The van der Waals surface area contributed by atoms with Crippen molar-refractivity contribution in [3.63, 3.8) is 0 Å². The van der Waals surface area contributed by atoms with Crippen molar-refractivity contribution in [2.75, 3.05) is 13.2 Å². The third-order valence-electron chi connectivity index (χ3n) is 6.57. The van der Waals surface area contributed by atoms with E-state index in [0.717, 1.165) is 16.7 Å². The van der Waals surface area contributed by atoms with Gasteiger partial charge in [0.1, 0.15) is 24.4 Å². The molecule has 0 amide bonds. The van der Waals surface area contributed by atoms with E-state index >= 15 is 8.78 Å². The molecule has 1 saturated heterocycles. The van der Waals surface area contributed by atoms with E-state index in [1.165, 1.54) is 6.92 Å². The minimum absolute atomic E-state index is 0.0509. The molecule has 1 N–H and O–H groups in total. The average molecular weight is 557 g/mol. The quantitative estimate of drug-likeness (QED) is 0.306. The maximum Gasteiger partial charge on any atom is 0.379 e. The van der Waals surface area contributed by atoms with Gasteiger partial charge in [0.2, 0.25) is 0 Å². The van der Waals surface area contributed by atoms with E-state index in [-0.39, 0.29) is 26.4 Å². The van der Waals surface area contributed by atoms with Gasteiger partial charge in [-0.15, -0.1) is 0 Å². The number of halogens is 2. The number of aliphatic hydroxyl groups excluding tert-OH is 1. The summed E-state index contributed by atoms with van der Waals surface area (Å²) in [6, 6.07) is 27.5. The number of carbonyl (C=O) groups excluding carboxylic acids is 1. The van der Waals surface area contributed by atoms with E-state index < -0.39 is 49.0 Å². The first-order valence-corrected chi connectivity index (χ1v) is 13.2. The Balaban J connectivity index is 1.69. The Morgan fingerprint density at radius 3 is 1.60 bits per heavy atom. The lowest BCUT2D eigenvalue weighted by Gasteiger charge is -2.47. The molecular formula is C31H34F2O7. The highest BCUT2D eigenvalue weighted by Crippen LogP contribution is 2.38. The minimum atomic E-state index is -4.09. The van der Waals surface area contributed by atoms with Gasteiger partial charge in [-0.1, -0.05) is 91.0 Å². The van der Waals surface area contributed by atoms with Crippen LogP contribution in [0.25, 0.3) is 0 Å². The van der Waals surface area contributed by atoms with E-state index in [0.29, 0.717) is 0 Å². The number of hydrogen-bond donors (Lipinski definition) is 1. The summed E-state index contributed by atoms with van der Waals surface area (Å²) in [5, 5.41) is 10.2. The molecule has 0 unspecified atom stereocenters. The van der Waals surface area contributed by atoms with Crippen LogP contribution in [0, 0.1) is 0 Å². The molecule has 9 heteroatoms. The van der Waals surface area contributed by atoms with Crippen LogP contribution in [0.2, 0.25) is 0 Å². The summed E-state index contributed by atoms with van der Waals surface area (Å²) < 4.78 is 60.2. The molecule has 4 rings (SSSR count). The average Bonchev–Trinajstić information content (AvgIpc) is 2.99. The predicted molar refractivity (Wildman–Crippen MR) is 142 cm³/mol. The summed E-state index contributed by atoms with van der Waals surface area (Å²) in [5.41, 5.74) is 2.36. The van der Waals surface area contributed by atoms with Crippen molar-refractivity contribution in [1.82, 2.24) is 0 Å². The lowest BCUT2D eigenvalue weighted by atomic mass is 9.90. The maximum atomic E-state index is 15.6. The van der Waals surface area contributed by atoms with Gasteiger partial charge < -0.3 is 28.8 Å². The molecule has 0 aromatic heterocycles. The summed E-state index contributed by atoms with van der Waals surface area (Å²) >= 11 is 0. The van der Waals surface area contributed by atoms with E-state index in [4.69, 9.17) is 18.9 Å². The van der Waals surface area contributed by atoms with Crippen LogP contribution in [-0.2, 0) is 48.3 Å². The maximum absolute atomic E-state index is 15.6. The van der Waals surface area contributed by atoms with Crippen molar-refractivity contribution in [2.24, 2.45) is 0 Å². The van der Waals surface area contributed by atoms with Crippen molar-refractivity contribution in [2.45, 2.75) is 63.2 Å². The molecule has 0 saturated carbocycles. The van der Waals surface area contributed by atoms with Gasteiger partial charge in [0.25, 0.3) is 0 Å². The molecule has 3 aromatic rings. The van der Waals surface area contributed by atoms with Crippen LogP contribution in [-0.4, -0.2) is 60.7 Å². The summed E-state index contributed by atoms with van der Waals surface area (Å²) in [5.74, 6) is -5.83. The summed E-state index contributed by atoms with van der Waals surface area (Å²) in [7, 11) is 0. The number of ether oxygens (including phenoxy) is 5. The highest BCUT2D eigenvalue weighted by atomic mass is 19.3. The van der Waals surface area contributed by atoms with Crippen molar-refractivity contribution in [3.8, 4) is 0 Å². The second-order valence-electron chi connectivity index (χ2n) is 9.40. The highest BCUT2D eigenvalue weighted by molar-refractivity contribution is 5.78. The number of hydrogen-bond acceptors (Lipinski definition) is 7. The van der Waals surface area contributed by atoms with Gasteiger partial charge in [-0.05, 0) is 23.6 Å². The lowest BCUT2D eigenvalue weighted by Crippen LogP contribution is -2.66. The fourth-order valence-electron chi connectivity index (χ4n) is 4.57. The number of esters is 1. The lowest BCUT2D eigenvalue weighted by molar-refractivity contribution is -0.306. The Labute approximate surface area is 232 Å². The molecule has 214 valence electrons. The molecule has 1 aliphatic rings. The molecule has 40 heavy (non-hydrogen) atoms. The second-order valence-corrected chi connectivity index (χ2v) is 9.40. The Morgan fingerprint density at radius 2 is 1.18 bits per heavy atom. The summed E-state index contributed by atoms with van der Waals surface area (Å²) in [6.45, 7) is 0.667. The molecule has 0 bridgehead atoms. The highest BCUT2D eigenvalue weighted by Gasteiger charge is 2.61. The molecular weight excluding hydrogens is 522 g/mol. The minimum Gasteiger partial charge on any atom is -0.461 e. The Hall–Kier alpha value is -3.21. The largest absolute Gasteiger partial charge is 0.461 e. The van der Waals surface area contributed by atoms with Crippen LogP contribution in [0.5, 0.6) is 0 Å². The first kappa shape index (κ1) is 29.8. The normalized spacial score (nSPS) is 23.1. The van der Waals surface area contributed by atoms with Crippen molar-refractivity contribution in [1.29, 1.82) is 0 Å². The van der Waals surface area contributed by atoms with E-state index in [2.05, 4.69) is 4.74 Å². The van der Waals surface area contributed by atoms with Gasteiger partial charge in [-0.3, -0.25) is 0 Å². The number of aliphatic hydroxyl groups is 1. The fourth-order valence-corrected chi connectivity index (χ4v) is 4.57. The molecule has 0 spiro atoms. The van der Waals surface area contributed by atoms with Gasteiger partial charge >= 0.3 is 11.9 Å². The van der Waals surface area contributed by atoms with Crippen LogP contribution in [0.4, 0.5) is 8.78 Å². The third kappa shape index (κ3) is 7.50.